The maximum Gasteiger partial charge on any atom is 0.128 e. The summed E-state index contributed by atoms with van der Waals surface area (Å²) in [4.78, 5) is 14.2. The van der Waals surface area contributed by atoms with E-state index in [9.17, 15) is 0 Å². The second kappa shape index (κ2) is 19.1. The van der Waals surface area contributed by atoms with Gasteiger partial charge in [-0.2, -0.15) is 0 Å². The fraction of sp³-hybridized carbons (Fsp3) is 0.0870. The van der Waals surface area contributed by atoms with Crippen LogP contribution in [0.5, 0.6) is 11.5 Å². The van der Waals surface area contributed by atoms with E-state index in [1.54, 1.807) is 0 Å². The van der Waals surface area contributed by atoms with Gasteiger partial charge < -0.3 is 9.47 Å². The molecular formula is C69H53N3O2. The molecule has 0 N–H and O–H groups in total. The Bertz CT molecular complexity index is 3850. The number of pyridine rings is 3. The molecule has 0 unspecified atom stereocenters. The fourth-order valence-electron chi connectivity index (χ4n) is 10.3. The minimum Gasteiger partial charge on any atom is -0.483 e. The van der Waals surface area contributed by atoms with E-state index in [-0.39, 0.29) is 0 Å². The molecule has 0 saturated carbocycles. The number of aromatic nitrogens is 3. The van der Waals surface area contributed by atoms with Crippen molar-refractivity contribution < 1.29 is 9.47 Å². The third-order valence-corrected chi connectivity index (χ3v) is 14.3. The molecule has 12 aromatic rings. The smallest absolute Gasteiger partial charge is 0.128 e. The highest BCUT2D eigenvalue weighted by Gasteiger charge is 2.30. The topological polar surface area (TPSA) is 57.1 Å². The number of hydrogen-bond donors (Lipinski definition) is 0. The molecule has 9 aromatic carbocycles. The van der Waals surface area contributed by atoms with Crippen LogP contribution in [0.1, 0.15) is 38.8 Å². The predicted octanol–water partition coefficient (Wildman–Crippen LogP) is 18.0. The van der Waals surface area contributed by atoms with Crippen molar-refractivity contribution in [2.75, 3.05) is 0 Å². The van der Waals surface area contributed by atoms with Gasteiger partial charge in [-0.05, 0) is 202 Å². The molecule has 12 rings (SSSR count). The van der Waals surface area contributed by atoms with E-state index in [1.807, 2.05) is 73.1 Å². The molecule has 74 heavy (non-hydrogen) atoms. The molecule has 356 valence electrons. The van der Waals surface area contributed by atoms with E-state index >= 15 is 0 Å². The van der Waals surface area contributed by atoms with E-state index in [0.29, 0.717) is 0 Å². The average Bonchev–Trinajstić information content (AvgIpc) is 3.46. The highest BCUT2D eigenvalue weighted by molar-refractivity contribution is 6.26. The zero-order chi connectivity index (χ0) is 50.2. The Morgan fingerprint density at radius 1 is 0.284 bits per heavy atom. The molecule has 0 atom stereocenters. The van der Waals surface area contributed by atoms with Crippen molar-refractivity contribution >= 4 is 32.3 Å². The second-order valence-electron chi connectivity index (χ2n) is 19.9. The molecule has 5 nitrogen and oxygen atoms in total. The van der Waals surface area contributed by atoms with Gasteiger partial charge >= 0.3 is 0 Å². The van der Waals surface area contributed by atoms with Crippen molar-refractivity contribution in [3.8, 4) is 78.7 Å². The summed E-state index contributed by atoms with van der Waals surface area (Å²) >= 11 is 0. The first-order valence-electron chi connectivity index (χ1n) is 25.2. The van der Waals surface area contributed by atoms with E-state index in [2.05, 4.69) is 214 Å². The predicted molar refractivity (Wildman–Crippen MR) is 305 cm³/mol. The third-order valence-electron chi connectivity index (χ3n) is 14.3. The van der Waals surface area contributed by atoms with Crippen molar-refractivity contribution in [3.63, 3.8) is 0 Å². The molecule has 5 heteroatoms. The van der Waals surface area contributed by atoms with Crippen LogP contribution < -0.4 is 9.47 Å². The van der Waals surface area contributed by atoms with Gasteiger partial charge in [-0.15, -0.1) is 0 Å². The molecule has 0 aliphatic heterocycles. The van der Waals surface area contributed by atoms with Crippen LogP contribution in [-0.4, -0.2) is 15.0 Å². The maximum atomic E-state index is 6.90. The lowest BCUT2D eigenvalue weighted by Gasteiger charge is -2.32. The lowest BCUT2D eigenvalue weighted by atomic mass is 9.85. The van der Waals surface area contributed by atoms with Crippen LogP contribution in [0.3, 0.4) is 0 Å². The monoisotopic (exact) mass is 955 g/mol. The highest BCUT2D eigenvalue weighted by Crippen LogP contribution is 2.42. The largest absolute Gasteiger partial charge is 0.483 e. The summed E-state index contributed by atoms with van der Waals surface area (Å²) in [6.07, 6.45) is 5.68. The first kappa shape index (κ1) is 45.9. The summed E-state index contributed by atoms with van der Waals surface area (Å²) in [6.45, 7) is 8.52. The Labute approximate surface area is 432 Å². The van der Waals surface area contributed by atoms with Crippen molar-refractivity contribution in [3.05, 3.63) is 260 Å². The summed E-state index contributed by atoms with van der Waals surface area (Å²) in [5.41, 5.74) is 13.3. The highest BCUT2D eigenvalue weighted by atomic mass is 16.5. The zero-order valence-corrected chi connectivity index (χ0v) is 41.8. The minimum atomic E-state index is -0.733. The molecule has 0 saturated heterocycles. The van der Waals surface area contributed by atoms with Crippen LogP contribution in [0.15, 0.2) is 249 Å². The van der Waals surface area contributed by atoms with Crippen molar-refractivity contribution in [2.24, 2.45) is 0 Å². The van der Waals surface area contributed by atoms with E-state index in [4.69, 9.17) is 14.5 Å². The summed E-state index contributed by atoms with van der Waals surface area (Å²) < 4.78 is 13.8. The van der Waals surface area contributed by atoms with Gasteiger partial charge in [0, 0.05) is 40.7 Å². The van der Waals surface area contributed by atoms with Gasteiger partial charge in [-0.25, -0.2) is 0 Å². The Morgan fingerprint density at radius 3 is 1.30 bits per heavy atom. The SMILES string of the molecule is CC(C)(Oc1ccc(-c2ccccn2)cc1)c1cc(-c2ccccc2-c2ccc(-c3cc4c5ccc(-c6ccccc6)cc5c5ccccc5c4cn3)cc2)cc(C(C)(C)Oc2ccc(-c3ccccn3)cc2)c1. The van der Waals surface area contributed by atoms with E-state index in [1.165, 1.54) is 38.1 Å². The van der Waals surface area contributed by atoms with Gasteiger partial charge in [-0.1, -0.05) is 127 Å². The normalized spacial score (nSPS) is 11.8. The summed E-state index contributed by atoms with van der Waals surface area (Å²) in [5.74, 6) is 1.54. The lowest BCUT2D eigenvalue weighted by Crippen LogP contribution is -2.29. The zero-order valence-electron chi connectivity index (χ0n) is 41.8. The van der Waals surface area contributed by atoms with Crippen LogP contribution in [0.2, 0.25) is 0 Å². The van der Waals surface area contributed by atoms with Crippen LogP contribution >= 0.6 is 0 Å². The number of benzene rings is 9. The first-order valence-corrected chi connectivity index (χ1v) is 25.2. The number of rotatable bonds is 12. The van der Waals surface area contributed by atoms with Crippen LogP contribution in [0.4, 0.5) is 0 Å². The Morgan fingerprint density at radius 2 is 0.730 bits per heavy atom. The molecule has 0 aliphatic rings. The van der Waals surface area contributed by atoms with Crippen molar-refractivity contribution in [2.45, 2.75) is 38.9 Å². The quantitative estimate of drug-likeness (QED) is 0.114. The Kier molecular flexibility index (Phi) is 11.9. The molecule has 3 aromatic heterocycles. The minimum absolute atomic E-state index is 0.733. The van der Waals surface area contributed by atoms with Gasteiger partial charge in [0.2, 0.25) is 0 Å². The summed E-state index contributed by atoms with van der Waals surface area (Å²) in [5, 5.41) is 7.23. The molecule has 3 heterocycles. The molecule has 0 fully saturated rings. The number of fused-ring (bicyclic) bond motifs is 6. The van der Waals surface area contributed by atoms with E-state index < -0.39 is 11.2 Å². The van der Waals surface area contributed by atoms with Gasteiger partial charge in [0.15, 0.2) is 0 Å². The average molecular weight is 956 g/mol. The Balaban J connectivity index is 0.903. The third kappa shape index (κ3) is 9.05. The molecule has 0 radical (unpaired) electrons. The van der Waals surface area contributed by atoms with Gasteiger partial charge in [0.1, 0.15) is 22.7 Å². The fourth-order valence-corrected chi connectivity index (χ4v) is 10.3. The van der Waals surface area contributed by atoms with Crippen molar-refractivity contribution in [1.82, 2.24) is 15.0 Å². The molecular weight excluding hydrogens is 903 g/mol. The van der Waals surface area contributed by atoms with Gasteiger partial charge in [0.25, 0.3) is 0 Å². The number of hydrogen-bond acceptors (Lipinski definition) is 5. The first-order chi connectivity index (χ1) is 36.1. The van der Waals surface area contributed by atoms with Crippen LogP contribution in [0, 0.1) is 0 Å². The maximum absolute atomic E-state index is 6.90. The molecule has 0 amide bonds. The summed E-state index contributed by atoms with van der Waals surface area (Å²) in [7, 11) is 0. The van der Waals surface area contributed by atoms with E-state index in [0.717, 1.165) is 84.0 Å². The number of ether oxygens (including phenoxy) is 2. The van der Waals surface area contributed by atoms with Crippen LogP contribution in [0.25, 0.3) is 99.5 Å². The Hall–Kier alpha value is -9.19. The van der Waals surface area contributed by atoms with Gasteiger partial charge in [-0.3, -0.25) is 15.0 Å². The second-order valence-corrected chi connectivity index (χ2v) is 19.9. The molecule has 0 spiro atoms. The summed E-state index contributed by atoms with van der Waals surface area (Å²) in [6, 6.07) is 80.9. The van der Waals surface area contributed by atoms with Crippen LogP contribution in [-0.2, 0) is 11.2 Å². The van der Waals surface area contributed by atoms with Crippen molar-refractivity contribution in [1.29, 1.82) is 0 Å². The number of nitrogens with zero attached hydrogens (tertiary/aromatic N) is 3. The lowest BCUT2D eigenvalue weighted by molar-refractivity contribution is 0.102. The molecule has 0 bridgehead atoms. The van der Waals surface area contributed by atoms with Gasteiger partial charge in [0.05, 0.1) is 17.1 Å². The standard InChI is InChI=1S/C69H53N3O2/c1-68(2,73-55-33-28-48(29-34-55)65-22-12-14-38-70-65)53-40-52(41-54(43-53)69(3,4)74-56-35-30-49(31-36-56)66-23-13-15-39-71-66)58-19-9-8-18-57(58)47-24-26-50(27-25-47)67-44-63-61-37-32-51(46-16-6-5-7-17-46)42-62(61)59-20-10-11-21-60(59)64(63)45-72-67/h5-45H,1-4H3. The molecule has 0 aliphatic carbocycles.